The van der Waals surface area contributed by atoms with E-state index in [1.54, 1.807) is 6.92 Å². The van der Waals surface area contributed by atoms with Crippen LogP contribution < -0.4 is 5.32 Å². The molecular weight excluding hydrogens is 328 g/mol. The van der Waals surface area contributed by atoms with Crippen LogP contribution in [0.15, 0.2) is 60.7 Å². The number of aliphatic carboxylic acids is 1. The molecule has 2 rings (SSSR count). The van der Waals surface area contributed by atoms with Crippen LogP contribution in [0.25, 0.3) is 0 Å². The third-order valence-electron chi connectivity index (χ3n) is 4.29. The fourth-order valence-corrected chi connectivity index (χ4v) is 2.93. The zero-order valence-electron chi connectivity index (χ0n) is 15.3. The molecule has 138 valence electrons. The number of benzene rings is 2. The largest absolute Gasteiger partial charge is 0.480 e. The minimum Gasteiger partial charge on any atom is -0.480 e. The lowest BCUT2D eigenvalue weighted by Crippen LogP contribution is -2.52. The summed E-state index contributed by atoms with van der Waals surface area (Å²) < 4.78 is 0. The first kappa shape index (κ1) is 19.7. The van der Waals surface area contributed by atoms with E-state index < -0.39 is 18.1 Å². The molecule has 26 heavy (non-hydrogen) atoms. The molecule has 0 spiro atoms. The van der Waals surface area contributed by atoms with Gasteiger partial charge < -0.3 is 15.3 Å². The Labute approximate surface area is 154 Å². The van der Waals surface area contributed by atoms with Crippen molar-refractivity contribution in [2.24, 2.45) is 0 Å². The highest BCUT2D eigenvalue weighted by atomic mass is 16.4. The molecule has 0 saturated carbocycles. The highest BCUT2D eigenvalue weighted by Crippen LogP contribution is 2.15. The third kappa shape index (κ3) is 5.43. The van der Waals surface area contributed by atoms with E-state index in [0.29, 0.717) is 6.54 Å². The van der Waals surface area contributed by atoms with Crippen LogP contribution in [-0.4, -0.2) is 40.5 Å². The summed E-state index contributed by atoms with van der Waals surface area (Å²) in [6.45, 7) is 4.59. The third-order valence-corrected chi connectivity index (χ3v) is 4.29. The number of nitrogens with zero attached hydrogens (tertiary/aromatic N) is 1. The van der Waals surface area contributed by atoms with Crippen LogP contribution >= 0.6 is 0 Å². The molecule has 2 aromatic rings. The summed E-state index contributed by atoms with van der Waals surface area (Å²) in [6, 6.07) is 17.5. The normalized spacial score (nSPS) is 13.0. The maximum atomic E-state index is 13.0. The summed E-state index contributed by atoms with van der Waals surface area (Å²) in [5.41, 5.74) is 1.80. The predicted molar refractivity (Wildman–Crippen MR) is 102 cm³/mol. The number of carbonyl (C=O) groups excluding carboxylic acids is 1. The van der Waals surface area contributed by atoms with E-state index in [1.807, 2.05) is 67.6 Å². The van der Waals surface area contributed by atoms with Crippen molar-refractivity contribution in [2.75, 3.05) is 6.54 Å². The van der Waals surface area contributed by atoms with Crippen LogP contribution in [0.4, 0.5) is 0 Å². The number of carbonyl (C=O) groups is 2. The second-order valence-electron chi connectivity index (χ2n) is 6.27. The number of hydrogen-bond donors (Lipinski definition) is 2. The van der Waals surface area contributed by atoms with E-state index in [9.17, 15) is 14.7 Å². The Kier molecular flexibility index (Phi) is 7.36. The highest BCUT2D eigenvalue weighted by molar-refractivity contribution is 5.87. The molecule has 1 amide bonds. The molecule has 5 heteroatoms. The molecule has 0 aromatic heterocycles. The van der Waals surface area contributed by atoms with Crippen molar-refractivity contribution in [3.05, 3.63) is 71.8 Å². The van der Waals surface area contributed by atoms with Gasteiger partial charge in [-0.3, -0.25) is 4.79 Å². The van der Waals surface area contributed by atoms with Crippen molar-refractivity contribution < 1.29 is 14.7 Å². The van der Waals surface area contributed by atoms with Gasteiger partial charge in [-0.25, -0.2) is 4.79 Å². The van der Waals surface area contributed by atoms with E-state index in [1.165, 1.54) is 4.90 Å². The van der Waals surface area contributed by atoms with Gasteiger partial charge >= 0.3 is 5.97 Å². The molecule has 0 aliphatic rings. The van der Waals surface area contributed by atoms with E-state index in [0.717, 1.165) is 11.1 Å². The predicted octanol–water partition coefficient (Wildman–Crippen LogP) is 2.71. The molecule has 2 atom stereocenters. The van der Waals surface area contributed by atoms with Gasteiger partial charge in [0.15, 0.2) is 0 Å². The van der Waals surface area contributed by atoms with Crippen LogP contribution in [0.3, 0.4) is 0 Å². The fraction of sp³-hybridized carbons (Fsp3) is 0.333. The second-order valence-corrected chi connectivity index (χ2v) is 6.27. The quantitative estimate of drug-likeness (QED) is 0.726. The molecule has 0 fully saturated rings. The van der Waals surface area contributed by atoms with Crippen molar-refractivity contribution in [2.45, 2.75) is 38.9 Å². The molecule has 5 nitrogen and oxygen atoms in total. The monoisotopic (exact) mass is 354 g/mol. The van der Waals surface area contributed by atoms with Crippen molar-refractivity contribution in [1.82, 2.24) is 10.2 Å². The Hall–Kier alpha value is -2.66. The lowest BCUT2D eigenvalue weighted by Gasteiger charge is -2.31. The highest BCUT2D eigenvalue weighted by Gasteiger charge is 2.32. The van der Waals surface area contributed by atoms with Crippen LogP contribution in [0.1, 0.15) is 25.0 Å². The molecule has 2 N–H and O–H groups in total. The summed E-state index contributed by atoms with van der Waals surface area (Å²) in [7, 11) is 0. The Morgan fingerprint density at radius 1 is 1.00 bits per heavy atom. The first-order valence-corrected chi connectivity index (χ1v) is 8.87. The zero-order chi connectivity index (χ0) is 18.9. The van der Waals surface area contributed by atoms with E-state index in [2.05, 4.69) is 5.32 Å². The van der Waals surface area contributed by atoms with Crippen LogP contribution in [0.5, 0.6) is 0 Å². The van der Waals surface area contributed by atoms with Crippen LogP contribution in [-0.2, 0) is 22.6 Å². The second kappa shape index (κ2) is 9.73. The minimum atomic E-state index is -0.998. The minimum absolute atomic E-state index is 0.209. The van der Waals surface area contributed by atoms with Gasteiger partial charge in [-0.15, -0.1) is 0 Å². The van der Waals surface area contributed by atoms with E-state index in [4.69, 9.17) is 0 Å². The van der Waals surface area contributed by atoms with Gasteiger partial charge in [-0.1, -0.05) is 67.6 Å². The Morgan fingerprint density at radius 3 is 2.04 bits per heavy atom. The van der Waals surface area contributed by atoms with Gasteiger partial charge in [0.05, 0.1) is 6.04 Å². The van der Waals surface area contributed by atoms with E-state index in [-0.39, 0.29) is 18.9 Å². The summed E-state index contributed by atoms with van der Waals surface area (Å²) in [4.78, 5) is 26.5. The number of likely N-dealkylation sites (N-methyl/N-ethyl adjacent to an activating group) is 1. The number of rotatable bonds is 9. The Morgan fingerprint density at radius 2 is 1.54 bits per heavy atom. The molecule has 0 bridgehead atoms. The standard InChI is InChI=1S/C21H26N2O3/c1-3-22-16(2)20(24)23(15-18-12-8-5-9-13-18)19(21(25)26)14-17-10-6-4-7-11-17/h4-13,16,19,22H,3,14-15H2,1-2H3,(H,25,26). The number of amides is 1. The van der Waals surface area contributed by atoms with Crippen molar-refractivity contribution in [1.29, 1.82) is 0 Å². The topological polar surface area (TPSA) is 69.6 Å². The maximum absolute atomic E-state index is 13.0. The molecule has 2 aromatic carbocycles. The molecule has 2 unspecified atom stereocenters. The van der Waals surface area contributed by atoms with E-state index >= 15 is 0 Å². The average molecular weight is 354 g/mol. The molecule has 0 radical (unpaired) electrons. The summed E-state index contributed by atoms with van der Waals surface area (Å²) in [5, 5.41) is 12.9. The molecule has 0 aliphatic carbocycles. The molecule has 0 heterocycles. The lowest BCUT2D eigenvalue weighted by molar-refractivity contribution is -0.151. The SMILES string of the molecule is CCNC(C)C(=O)N(Cc1ccccc1)C(Cc1ccccc1)C(=O)O. The number of carboxylic acids is 1. The van der Waals surface area contributed by atoms with Gasteiger partial charge in [-0.05, 0) is 24.6 Å². The van der Waals surface area contributed by atoms with Crippen LogP contribution in [0.2, 0.25) is 0 Å². The molecule has 0 aliphatic heterocycles. The Balaban J connectivity index is 2.31. The van der Waals surface area contributed by atoms with Gasteiger partial charge in [-0.2, -0.15) is 0 Å². The Bertz CT molecular complexity index is 704. The lowest BCUT2D eigenvalue weighted by atomic mass is 10.0. The van der Waals surface area contributed by atoms with Gasteiger partial charge in [0, 0.05) is 13.0 Å². The average Bonchev–Trinajstić information content (AvgIpc) is 2.65. The van der Waals surface area contributed by atoms with Crippen LogP contribution in [0, 0.1) is 0 Å². The van der Waals surface area contributed by atoms with Gasteiger partial charge in [0.1, 0.15) is 6.04 Å². The maximum Gasteiger partial charge on any atom is 0.326 e. The number of carboxylic acid groups (broad SMARTS) is 1. The molecule has 0 saturated heterocycles. The number of hydrogen-bond acceptors (Lipinski definition) is 3. The smallest absolute Gasteiger partial charge is 0.326 e. The molecular formula is C21H26N2O3. The van der Waals surface area contributed by atoms with Crippen molar-refractivity contribution in [3.63, 3.8) is 0 Å². The van der Waals surface area contributed by atoms with Gasteiger partial charge in [0.2, 0.25) is 5.91 Å². The first-order valence-electron chi connectivity index (χ1n) is 8.87. The first-order chi connectivity index (χ1) is 12.5. The summed E-state index contributed by atoms with van der Waals surface area (Å²) in [6.07, 6.45) is 0.271. The fourth-order valence-electron chi connectivity index (χ4n) is 2.93. The van der Waals surface area contributed by atoms with Gasteiger partial charge in [0.25, 0.3) is 0 Å². The van der Waals surface area contributed by atoms with Crippen molar-refractivity contribution >= 4 is 11.9 Å². The summed E-state index contributed by atoms with van der Waals surface area (Å²) >= 11 is 0. The zero-order valence-corrected chi connectivity index (χ0v) is 15.3. The number of nitrogens with one attached hydrogen (secondary N) is 1. The summed E-state index contributed by atoms with van der Waals surface area (Å²) in [5.74, 6) is -1.21. The van der Waals surface area contributed by atoms with Crippen molar-refractivity contribution in [3.8, 4) is 0 Å².